The third-order valence-electron chi connectivity index (χ3n) is 5.47. The van der Waals surface area contributed by atoms with Gasteiger partial charge in [-0.15, -0.1) is 0 Å². The average Bonchev–Trinajstić information content (AvgIpc) is 3.06. The predicted molar refractivity (Wildman–Crippen MR) is 122 cm³/mol. The molecule has 8 heteroatoms. The molecule has 4 rings (SSSR count). The standard InChI is InChI=1S/C26H21F3N2O3/c1-34-21-13-6-5-12-20(21)22-23(30-19-11-7-10-18(16-19)26(27,28)29)25(33)31(24(22)32)15-14-17-8-3-2-4-9-17/h2-13,16,30H,14-15H2,1H3. The highest BCUT2D eigenvalue weighted by atomic mass is 19.4. The number of halogens is 3. The van der Waals surface area contributed by atoms with E-state index in [9.17, 15) is 22.8 Å². The molecule has 3 aromatic carbocycles. The van der Waals surface area contributed by atoms with E-state index in [-0.39, 0.29) is 23.5 Å². The number of anilines is 1. The lowest BCUT2D eigenvalue weighted by molar-refractivity contribution is -0.138. The zero-order valence-corrected chi connectivity index (χ0v) is 18.2. The molecule has 1 aliphatic rings. The highest BCUT2D eigenvalue weighted by Crippen LogP contribution is 2.36. The first kappa shape index (κ1) is 23.1. The Balaban J connectivity index is 1.73. The van der Waals surface area contributed by atoms with Gasteiger partial charge in [-0.2, -0.15) is 13.2 Å². The predicted octanol–water partition coefficient (Wildman–Crippen LogP) is 5.15. The summed E-state index contributed by atoms with van der Waals surface area (Å²) in [4.78, 5) is 27.8. The van der Waals surface area contributed by atoms with Gasteiger partial charge in [-0.3, -0.25) is 14.5 Å². The lowest BCUT2D eigenvalue weighted by Crippen LogP contribution is -2.34. The fraction of sp³-hybridized carbons (Fsp3) is 0.154. The molecule has 34 heavy (non-hydrogen) atoms. The van der Waals surface area contributed by atoms with E-state index in [1.807, 2.05) is 30.3 Å². The van der Waals surface area contributed by atoms with E-state index >= 15 is 0 Å². The Kier molecular flexibility index (Phi) is 6.40. The normalized spacial score (nSPS) is 14.1. The number of imide groups is 1. The van der Waals surface area contributed by atoms with Crippen molar-refractivity contribution in [3.8, 4) is 5.75 Å². The first-order chi connectivity index (χ1) is 16.3. The van der Waals surface area contributed by atoms with Crippen LogP contribution in [-0.4, -0.2) is 30.4 Å². The molecule has 0 saturated carbocycles. The van der Waals surface area contributed by atoms with E-state index in [2.05, 4.69) is 5.32 Å². The van der Waals surface area contributed by atoms with E-state index in [0.29, 0.717) is 17.7 Å². The molecule has 0 saturated heterocycles. The number of benzene rings is 3. The molecular weight excluding hydrogens is 445 g/mol. The van der Waals surface area contributed by atoms with Crippen molar-refractivity contribution >= 4 is 23.1 Å². The minimum absolute atomic E-state index is 0.0447. The fourth-order valence-electron chi connectivity index (χ4n) is 3.80. The molecule has 1 heterocycles. The summed E-state index contributed by atoms with van der Waals surface area (Å²) in [5.74, 6) is -0.786. The van der Waals surface area contributed by atoms with Crippen LogP contribution in [0.2, 0.25) is 0 Å². The topological polar surface area (TPSA) is 58.6 Å². The molecule has 1 aliphatic heterocycles. The first-order valence-electron chi connectivity index (χ1n) is 10.5. The van der Waals surface area contributed by atoms with Crippen molar-refractivity contribution in [3.63, 3.8) is 0 Å². The maximum atomic E-state index is 13.4. The van der Waals surface area contributed by atoms with Gasteiger partial charge in [-0.1, -0.05) is 54.6 Å². The van der Waals surface area contributed by atoms with Crippen LogP contribution in [0.15, 0.2) is 84.6 Å². The highest BCUT2D eigenvalue weighted by Gasteiger charge is 2.40. The lowest BCUT2D eigenvalue weighted by Gasteiger charge is -2.16. The Bertz CT molecular complexity index is 1250. The van der Waals surface area contributed by atoms with Crippen LogP contribution in [0.3, 0.4) is 0 Å². The van der Waals surface area contributed by atoms with Crippen LogP contribution >= 0.6 is 0 Å². The number of para-hydroxylation sites is 1. The van der Waals surface area contributed by atoms with Crippen LogP contribution < -0.4 is 10.1 Å². The quantitative estimate of drug-likeness (QED) is 0.490. The third-order valence-corrected chi connectivity index (χ3v) is 5.47. The number of carbonyl (C=O) groups is 2. The van der Waals surface area contributed by atoms with Gasteiger partial charge < -0.3 is 10.1 Å². The van der Waals surface area contributed by atoms with E-state index in [1.54, 1.807) is 24.3 Å². The average molecular weight is 466 g/mol. The molecule has 0 aromatic heterocycles. The lowest BCUT2D eigenvalue weighted by atomic mass is 10.0. The second-order valence-electron chi connectivity index (χ2n) is 7.65. The van der Waals surface area contributed by atoms with Gasteiger partial charge in [0.2, 0.25) is 0 Å². The molecule has 0 radical (unpaired) electrons. The van der Waals surface area contributed by atoms with Gasteiger partial charge in [0, 0.05) is 17.8 Å². The Morgan fingerprint density at radius 2 is 1.59 bits per heavy atom. The summed E-state index contributed by atoms with van der Waals surface area (Å²) in [7, 11) is 1.44. The smallest absolute Gasteiger partial charge is 0.416 e. The molecule has 0 unspecified atom stereocenters. The molecule has 0 aliphatic carbocycles. The molecule has 174 valence electrons. The number of amides is 2. The molecule has 5 nitrogen and oxygen atoms in total. The maximum absolute atomic E-state index is 13.4. The van der Waals surface area contributed by atoms with Gasteiger partial charge in [-0.05, 0) is 36.2 Å². The maximum Gasteiger partial charge on any atom is 0.416 e. The number of carbonyl (C=O) groups excluding carboxylic acids is 2. The van der Waals surface area contributed by atoms with Gasteiger partial charge in [0.05, 0.1) is 18.2 Å². The molecule has 3 aromatic rings. The van der Waals surface area contributed by atoms with E-state index in [1.165, 1.54) is 19.2 Å². The molecule has 0 spiro atoms. The molecule has 0 atom stereocenters. The van der Waals surface area contributed by atoms with Crippen molar-refractivity contribution in [1.82, 2.24) is 4.90 Å². The van der Waals surface area contributed by atoms with Crippen LogP contribution in [0, 0.1) is 0 Å². The highest BCUT2D eigenvalue weighted by molar-refractivity contribution is 6.37. The minimum Gasteiger partial charge on any atom is -0.496 e. The van der Waals surface area contributed by atoms with E-state index in [0.717, 1.165) is 22.6 Å². The molecule has 1 N–H and O–H groups in total. The van der Waals surface area contributed by atoms with Gasteiger partial charge in [-0.25, -0.2) is 0 Å². The Hall–Kier alpha value is -4.07. The molecule has 2 amide bonds. The van der Waals surface area contributed by atoms with Crippen LogP contribution in [0.4, 0.5) is 18.9 Å². The summed E-state index contributed by atoms with van der Waals surface area (Å²) in [6, 6.07) is 20.6. The number of hydrogen-bond donors (Lipinski definition) is 1. The number of nitrogens with one attached hydrogen (secondary N) is 1. The van der Waals surface area contributed by atoms with Gasteiger partial charge in [0.1, 0.15) is 11.4 Å². The summed E-state index contributed by atoms with van der Waals surface area (Å²) in [6.45, 7) is 0.119. The van der Waals surface area contributed by atoms with Crippen molar-refractivity contribution in [1.29, 1.82) is 0 Å². The first-order valence-corrected chi connectivity index (χ1v) is 10.5. The van der Waals surface area contributed by atoms with Crippen LogP contribution in [0.1, 0.15) is 16.7 Å². The summed E-state index contributed by atoms with van der Waals surface area (Å²) in [5, 5.41) is 2.77. The third kappa shape index (κ3) is 4.66. The van der Waals surface area contributed by atoms with E-state index < -0.39 is 23.6 Å². The van der Waals surface area contributed by atoms with Crippen molar-refractivity contribution < 1.29 is 27.5 Å². The number of hydrogen-bond acceptors (Lipinski definition) is 4. The Morgan fingerprint density at radius 3 is 2.29 bits per heavy atom. The molecule has 0 fully saturated rings. The van der Waals surface area contributed by atoms with E-state index in [4.69, 9.17) is 4.74 Å². The van der Waals surface area contributed by atoms with Gasteiger partial charge >= 0.3 is 6.18 Å². The van der Waals surface area contributed by atoms with Gasteiger partial charge in [0.15, 0.2) is 0 Å². The molecule has 0 bridgehead atoms. The second-order valence-corrected chi connectivity index (χ2v) is 7.65. The summed E-state index contributed by atoms with van der Waals surface area (Å²) < 4.78 is 45.0. The fourth-order valence-corrected chi connectivity index (χ4v) is 3.80. The van der Waals surface area contributed by atoms with Crippen molar-refractivity contribution in [2.45, 2.75) is 12.6 Å². The SMILES string of the molecule is COc1ccccc1C1=C(Nc2cccc(C(F)(F)F)c2)C(=O)N(CCc2ccccc2)C1=O. The number of nitrogens with zero attached hydrogens (tertiary/aromatic N) is 1. The number of ether oxygens (including phenoxy) is 1. The zero-order valence-electron chi connectivity index (χ0n) is 18.2. The monoisotopic (exact) mass is 466 g/mol. The Morgan fingerprint density at radius 1 is 0.882 bits per heavy atom. The summed E-state index contributed by atoms with van der Waals surface area (Å²) in [5.41, 5.74) is 0.453. The number of rotatable bonds is 7. The van der Waals surface area contributed by atoms with Crippen LogP contribution in [-0.2, 0) is 22.2 Å². The largest absolute Gasteiger partial charge is 0.496 e. The number of methoxy groups -OCH3 is 1. The second kappa shape index (κ2) is 9.43. The minimum atomic E-state index is -4.55. The van der Waals surface area contributed by atoms with Crippen LogP contribution in [0.5, 0.6) is 5.75 Å². The zero-order chi connectivity index (χ0) is 24.3. The summed E-state index contributed by atoms with van der Waals surface area (Å²) >= 11 is 0. The van der Waals surface area contributed by atoms with Crippen molar-refractivity contribution in [3.05, 3.63) is 101 Å². The van der Waals surface area contributed by atoms with Crippen molar-refractivity contribution in [2.24, 2.45) is 0 Å². The van der Waals surface area contributed by atoms with Crippen LogP contribution in [0.25, 0.3) is 5.57 Å². The Labute approximate surface area is 194 Å². The number of alkyl halides is 3. The molecular formula is C26H21F3N2O3. The van der Waals surface area contributed by atoms with Crippen molar-refractivity contribution in [2.75, 3.05) is 19.0 Å². The van der Waals surface area contributed by atoms with Gasteiger partial charge in [0.25, 0.3) is 11.8 Å². The summed E-state index contributed by atoms with van der Waals surface area (Å²) in [6.07, 6.45) is -4.11.